The van der Waals surface area contributed by atoms with Crippen LogP contribution in [0.15, 0.2) is 35.6 Å². The van der Waals surface area contributed by atoms with Gasteiger partial charge >= 0.3 is 0 Å². The van der Waals surface area contributed by atoms with Crippen LogP contribution in [0.5, 0.6) is 0 Å². The van der Waals surface area contributed by atoms with Gasteiger partial charge in [-0.1, -0.05) is 52.8 Å². The number of hydrogen-bond acceptors (Lipinski definition) is 1. The molecule has 0 saturated heterocycles. The Morgan fingerprint density at radius 2 is 1.78 bits per heavy atom. The van der Waals surface area contributed by atoms with Crippen LogP contribution < -0.4 is 0 Å². The lowest BCUT2D eigenvalue weighted by atomic mass is 9.79. The highest BCUT2D eigenvalue weighted by Gasteiger charge is 2.25. The smallest absolute Gasteiger partial charge is 0.0393 e. The van der Waals surface area contributed by atoms with E-state index in [-0.39, 0.29) is 5.41 Å². The highest BCUT2D eigenvalue weighted by molar-refractivity contribution is 5.39. The van der Waals surface area contributed by atoms with Crippen molar-refractivity contribution in [2.45, 2.75) is 47.5 Å². The summed E-state index contributed by atoms with van der Waals surface area (Å²) in [4.78, 5) is 2.38. The molecule has 1 nitrogen and oxygen atoms in total. The molecule has 0 bridgehead atoms. The van der Waals surface area contributed by atoms with Gasteiger partial charge in [-0.3, -0.25) is 0 Å². The Morgan fingerprint density at radius 1 is 1.17 bits per heavy atom. The fourth-order valence-electron chi connectivity index (χ4n) is 2.38. The molecule has 0 radical (unpaired) electrons. The topological polar surface area (TPSA) is 3.24 Å². The van der Waals surface area contributed by atoms with E-state index in [1.807, 2.05) is 13.8 Å². The van der Waals surface area contributed by atoms with Crippen molar-refractivity contribution in [3.8, 4) is 0 Å². The SMILES string of the molecule is CC.CC(C)C1(C)C=CC2=C(C=C1)N(C)CCC2. The van der Waals surface area contributed by atoms with Gasteiger partial charge in [0.15, 0.2) is 0 Å². The Morgan fingerprint density at radius 3 is 2.39 bits per heavy atom. The summed E-state index contributed by atoms with van der Waals surface area (Å²) in [6.45, 7) is 12.1. The molecule has 1 atom stereocenters. The maximum absolute atomic E-state index is 2.38. The lowest BCUT2D eigenvalue weighted by Gasteiger charge is -2.27. The minimum Gasteiger partial charge on any atom is -0.374 e. The third-order valence-corrected chi connectivity index (χ3v) is 4.17. The molecule has 0 fully saturated rings. The average molecular weight is 247 g/mol. The van der Waals surface area contributed by atoms with Gasteiger partial charge in [-0.25, -0.2) is 0 Å². The van der Waals surface area contributed by atoms with Gasteiger partial charge in [0.1, 0.15) is 0 Å². The summed E-state index contributed by atoms with van der Waals surface area (Å²) in [6.07, 6.45) is 12.0. The molecule has 0 saturated carbocycles. The van der Waals surface area contributed by atoms with Crippen molar-refractivity contribution < 1.29 is 0 Å². The van der Waals surface area contributed by atoms with Gasteiger partial charge in [-0.2, -0.15) is 0 Å². The van der Waals surface area contributed by atoms with E-state index in [4.69, 9.17) is 0 Å². The van der Waals surface area contributed by atoms with Crippen molar-refractivity contribution in [2.24, 2.45) is 11.3 Å². The summed E-state index contributed by atoms with van der Waals surface area (Å²) in [7, 11) is 2.20. The van der Waals surface area contributed by atoms with Gasteiger partial charge in [-0.15, -0.1) is 0 Å². The van der Waals surface area contributed by atoms with Crippen LogP contribution in [0.1, 0.15) is 47.5 Å². The average Bonchev–Trinajstić information content (AvgIpc) is 2.54. The summed E-state index contributed by atoms with van der Waals surface area (Å²) in [5.41, 5.74) is 3.14. The van der Waals surface area contributed by atoms with Gasteiger partial charge in [0.25, 0.3) is 0 Å². The molecule has 0 aromatic carbocycles. The van der Waals surface area contributed by atoms with E-state index in [0.29, 0.717) is 5.92 Å². The van der Waals surface area contributed by atoms with Gasteiger partial charge in [0, 0.05) is 24.7 Å². The zero-order chi connectivity index (χ0) is 13.8. The van der Waals surface area contributed by atoms with Crippen LogP contribution in [0, 0.1) is 11.3 Å². The van der Waals surface area contributed by atoms with Crippen LogP contribution >= 0.6 is 0 Å². The lowest BCUT2D eigenvalue weighted by molar-refractivity contribution is 0.380. The second-order valence-corrected chi connectivity index (χ2v) is 5.62. The van der Waals surface area contributed by atoms with Crippen LogP contribution in [0.2, 0.25) is 0 Å². The second kappa shape index (κ2) is 6.26. The van der Waals surface area contributed by atoms with E-state index < -0.39 is 0 Å². The van der Waals surface area contributed by atoms with E-state index in [2.05, 4.69) is 57.0 Å². The lowest BCUT2D eigenvalue weighted by Crippen LogP contribution is -2.23. The molecular weight excluding hydrogens is 218 g/mol. The summed E-state index contributed by atoms with van der Waals surface area (Å²) >= 11 is 0. The third-order valence-electron chi connectivity index (χ3n) is 4.17. The fraction of sp³-hybridized carbons (Fsp3) is 0.647. The molecule has 18 heavy (non-hydrogen) atoms. The third kappa shape index (κ3) is 3.07. The highest BCUT2D eigenvalue weighted by atomic mass is 15.1. The summed E-state index contributed by atoms with van der Waals surface area (Å²) in [6, 6.07) is 0. The summed E-state index contributed by atoms with van der Waals surface area (Å²) < 4.78 is 0. The molecule has 0 aromatic heterocycles. The number of allylic oxidation sites excluding steroid dienone is 5. The Balaban J connectivity index is 0.000000771. The maximum Gasteiger partial charge on any atom is 0.0393 e. The summed E-state index contributed by atoms with van der Waals surface area (Å²) in [5.74, 6) is 0.645. The van der Waals surface area contributed by atoms with Gasteiger partial charge in [0.2, 0.25) is 0 Å². The Bertz CT molecular complexity index is 360. The van der Waals surface area contributed by atoms with Crippen molar-refractivity contribution in [1.29, 1.82) is 0 Å². The predicted molar refractivity (Wildman–Crippen MR) is 81.5 cm³/mol. The molecule has 1 heterocycles. The minimum atomic E-state index is 0.207. The molecule has 2 rings (SSSR count). The molecule has 0 N–H and O–H groups in total. The second-order valence-electron chi connectivity index (χ2n) is 5.62. The van der Waals surface area contributed by atoms with Crippen LogP contribution in [0.3, 0.4) is 0 Å². The Labute approximate surface area is 113 Å². The molecule has 0 aromatic rings. The number of rotatable bonds is 1. The van der Waals surface area contributed by atoms with Gasteiger partial charge in [-0.05, 0) is 30.4 Å². The molecule has 0 amide bonds. The van der Waals surface area contributed by atoms with Crippen molar-refractivity contribution in [2.75, 3.05) is 13.6 Å². The first kappa shape index (κ1) is 15.1. The summed E-state index contributed by atoms with van der Waals surface area (Å²) in [5, 5.41) is 0. The highest BCUT2D eigenvalue weighted by Crippen LogP contribution is 2.36. The van der Waals surface area contributed by atoms with Crippen molar-refractivity contribution in [1.82, 2.24) is 4.90 Å². The normalized spacial score (nSPS) is 26.7. The zero-order valence-corrected chi connectivity index (χ0v) is 13.0. The van der Waals surface area contributed by atoms with Crippen LogP contribution in [0.25, 0.3) is 0 Å². The first-order chi connectivity index (χ1) is 8.53. The monoisotopic (exact) mass is 247 g/mol. The molecule has 1 aliphatic heterocycles. The van der Waals surface area contributed by atoms with E-state index >= 15 is 0 Å². The molecule has 102 valence electrons. The predicted octanol–water partition coefficient (Wildman–Crippen LogP) is 4.78. The van der Waals surface area contributed by atoms with Gasteiger partial charge in [0.05, 0.1) is 0 Å². The molecular formula is C17H29N. The standard InChI is InChI=1S/C15H23N.C2H6/c1-12(2)15(3)9-7-13-6-5-11-16(4)14(13)8-10-15;1-2/h7-10,12H,5-6,11H2,1-4H3;1-2H3. The first-order valence-corrected chi connectivity index (χ1v) is 7.36. The largest absolute Gasteiger partial charge is 0.374 e. The fourth-order valence-corrected chi connectivity index (χ4v) is 2.38. The van der Waals surface area contributed by atoms with Crippen LogP contribution in [0.4, 0.5) is 0 Å². The Hall–Kier alpha value is -0.980. The Kier molecular flexibility index (Phi) is 5.25. The molecule has 1 aliphatic carbocycles. The van der Waals surface area contributed by atoms with Crippen LogP contribution in [-0.2, 0) is 0 Å². The molecule has 1 heteroatoms. The van der Waals surface area contributed by atoms with E-state index in [0.717, 1.165) is 0 Å². The van der Waals surface area contributed by atoms with Crippen molar-refractivity contribution in [3.63, 3.8) is 0 Å². The van der Waals surface area contributed by atoms with Crippen LogP contribution in [-0.4, -0.2) is 18.5 Å². The van der Waals surface area contributed by atoms with E-state index in [1.165, 1.54) is 30.7 Å². The number of hydrogen-bond donors (Lipinski definition) is 0. The number of nitrogens with zero attached hydrogens (tertiary/aromatic N) is 1. The maximum atomic E-state index is 2.38. The first-order valence-electron chi connectivity index (χ1n) is 7.36. The van der Waals surface area contributed by atoms with Crippen molar-refractivity contribution in [3.05, 3.63) is 35.6 Å². The zero-order valence-electron chi connectivity index (χ0n) is 13.0. The molecule has 1 unspecified atom stereocenters. The van der Waals surface area contributed by atoms with Crippen molar-refractivity contribution >= 4 is 0 Å². The minimum absolute atomic E-state index is 0.207. The van der Waals surface area contributed by atoms with E-state index in [9.17, 15) is 0 Å². The quantitative estimate of drug-likeness (QED) is 0.644. The van der Waals surface area contributed by atoms with E-state index in [1.54, 1.807) is 0 Å². The van der Waals surface area contributed by atoms with Gasteiger partial charge < -0.3 is 4.90 Å². The number of likely N-dealkylation sites (N-methyl/N-ethyl adjacent to an activating group) is 1. The molecule has 2 aliphatic rings. The molecule has 0 spiro atoms.